The van der Waals surface area contributed by atoms with Gasteiger partial charge >= 0.3 is 6.09 Å². The Balaban J connectivity index is 1.48. The van der Waals surface area contributed by atoms with Gasteiger partial charge in [0.25, 0.3) is 5.91 Å². The molecule has 9 nitrogen and oxygen atoms in total. The number of amides is 3. The zero-order chi connectivity index (χ0) is 20.1. The Labute approximate surface area is 163 Å². The van der Waals surface area contributed by atoms with E-state index in [-0.39, 0.29) is 18.6 Å². The molecule has 2 atom stereocenters. The fourth-order valence-corrected chi connectivity index (χ4v) is 3.11. The lowest BCUT2D eigenvalue weighted by Gasteiger charge is -2.35. The van der Waals surface area contributed by atoms with Crippen molar-refractivity contribution in [1.29, 1.82) is 0 Å². The van der Waals surface area contributed by atoms with E-state index in [1.54, 1.807) is 41.8 Å². The average Bonchev–Trinajstić information content (AvgIpc) is 2.73. The van der Waals surface area contributed by atoms with E-state index in [0.29, 0.717) is 44.3 Å². The van der Waals surface area contributed by atoms with Crippen LogP contribution in [0.2, 0.25) is 0 Å². The van der Waals surface area contributed by atoms with Crippen molar-refractivity contribution in [3.05, 3.63) is 24.3 Å². The van der Waals surface area contributed by atoms with Crippen LogP contribution in [0.15, 0.2) is 24.3 Å². The Bertz CT molecular complexity index is 732. The van der Waals surface area contributed by atoms with Crippen molar-refractivity contribution in [3.8, 4) is 11.5 Å². The van der Waals surface area contributed by atoms with Crippen LogP contribution < -0.4 is 14.8 Å². The molecular weight excluding hydrogens is 366 g/mol. The highest BCUT2D eigenvalue weighted by molar-refractivity contribution is 5.89. The van der Waals surface area contributed by atoms with Crippen LogP contribution in [0.1, 0.15) is 13.8 Å². The Kier molecular flexibility index (Phi) is 6.23. The van der Waals surface area contributed by atoms with E-state index in [9.17, 15) is 14.4 Å². The fraction of sp³-hybridized carbons (Fsp3) is 0.526. The van der Waals surface area contributed by atoms with Crippen molar-refractivity contribution in [2.24, 2.45) is 0 Å². The topological polar surface area (TPSA) is 97.4 Å². The second-order valence-corrected chi connectivity index (χ2v) is 6.61. The van der Waals surface area contributed by atoms with Crippen molar-refractivity contribution in [2.45, 2.75) is 26.0 Å². The standard InChI is InChI=1S/C19H25N3O6/c1-3-26-19(25)22-10-8-21(9-11-22)18(24)13(2)20-17(23)16-12-27-14-6-4-5-7-15(14)28-16/h4-7,13,16H,3,8-12H2,1-2H3,(H,20,23)/t13-,16?/m0/s1. The summed E-state index contributed by atoms with van der Waals surface area (Å²) in [4.78, 5) is 40.0. The van der Waals surface area contributed by atoms with Gasteiger partial charge in [-0.15, -0.1) is 0 Å². The number of carbonyl (C=O) groups excluding carboxylic acids is 3. The monoisotopic (exact) mass is 391 g/mol. The number of rotatable bonds is 4. The van der Waals surface area contributed by atoms with Crippen LogP contribution in [-0.2, 0) is 14.3 Å². The highest BCUT2D eigenvalue weighted by atomic mass is 16.6. The molecule has 0 aromatic heterocycles. The van der Waals surface area contributed by atoms with Gasteiger partial charge in [-0.25, -0.2) is 4.79 Å². The molecule has 2 aliphatic rings. The molecule has 28 heavy (non-hydrogen) atoms. The number of fused-ring (bicyclic) bond motifs is 1. The number of ether oxygens (including phenoxy) is 3. The average molecular weight is 391 g/mol. The summed E-state index contributed by atoms with van der Waals surface area (Å²) in [5, 5.41) is 2.69. The molecule has 1 aromatic rings. The van der Waals surface area contributed by atoms with Crippen LogP contribution in [0.3, 0.4) is 0 Å². The second kappa shape index (κ2) is 8.81. The zero-order valence-electron chi connectivity index (χ0n) is 16.1. The first-order valence-electron chi connectivity index (χ1n) is 9.39. The summed E-state index contributed by atoms with van der Waals surface area (Å²) in [7, 11) is 0. The van der Waals surface area contributed by atoms with Gasteiger partial charge in [0.2, 0.25) is 12.0 Å². The number of piperazine rings is 1. The van der Waals surface area contributed by atoms with Crippen molar-refractivity contribution < 1.29 is 28.6 Å². The van der Waals surface area contributed by atoms with Crippen molar-refractivity contribution in [1.82, 2.24) is 15.1 Å². The number of benzene rings is 1. The highest BCUT2D eigenvalue weighted by Gasteiger charge is 2.32. The number of nitrogens with one attached hydrogen (secondary N) is 1. The van der Waals surface area contributed by atoms with Crippen LogP contribution in [0.25, 0.3) is 0 Å². The van der Waals surface area contributed by atoms with E-state index < -0.39 is 18.1 Å². The summed E-state index contributed by atoms with van der Waals surface area (Å²) in [5.74, 6) is 0.493. The summed E-state index contributed by atoms with van der Waals surface area (Å²) in [6.07, 6.45) is -1.18. The summed E-state index contributed by atoms with van der Waals surface area (Å²) in [6.45, 7) is 5.39. The minimum Gasteiger partial charge on any atom is -0.485 e. The molecular formula is C19H25N3O6. The minimum atomic E-state index is -0.814. The third kappa shape index (κ3) is 4.47. The third-order valence-electron chi connectivity index (χ3n) is 4.65. The normalized spacial score (nSPS) is 19.6. The maximum Gasteiger partial charge on any atom is 0.409 e. The molecule has 0 aliphatic carbocycles. The molecule has 9 heteroatoms. The number of hydrogen-bond donors (Lipinski definition) is 1. The second-order valence-electron chi connectivity index (χ2n) is 6.61. The molecule has 1 fully saturated rings. The van der Waals surface area contributed by atoms with E-state index in [2.05, 4.69) is 5.32 Å². The Morgan fingerprint density at radius 2 is 1.79 bits per heavy atom. The van der Waals surface area contributed by atoms with Gasteiger partial charge < -0.3 is 29.3 Å². The van der Waals surface area contributed by atoms with Gasteiger partial charge in [0.1, 0.15) is 12.6 Å². The first kappa shape index (κ1) is 19.8. The van der Waals surface area contributed by atoms with Crippen molar-refractivity contribution >= 4 is 17.9 Å². The predicted molar refractivity (Wildman–Crippen MR) is 99.1 cm³/mol. The van der Waals surface area contributed by atoms with Gasteiger partial charge in [0.15, 0.2) is 11.5 Å². The summed E-state index contributed by atoms with van der Waals surface area (Å²) < 4.78 is 16.2. The van der Waals surface area contributed by atoms with E-state index in [1.165, 1.54) is 0 Å². The molecule has 0 bridgehead atoms. The molecule has 152 valence electrons. The lowest BCUT2D eigenvalue weighted by molar-refractivity contribution is -0.139. The SMILES string of the molecule is CCOC(=O)N1CCN(C(=O)[C@H](C)NC(=O)C2COc3ccccc3O2)CC1. The number of hydrogen-bond acceptors (Lipinski definition) is 6. The van der Waals surface area contributed by atoms with E-state index >= 15 is 0 Å². The predicted octanol–water partition coefficient (Wildman–Crippen LogP) is 0.632. The maximum atomic E-state index is 12.6. The summed E-state index contributed by atoms with van der Waals surface area (Å²) >= 11 is 0. The van der Waals surface area contributed by atoms with Gasteiger partial charge in [0.05, 0.1) is 6.61 Å². The summed E-state index contributed by atoms with van der Waals surface area (Å²) in [6, 6.07) is 6.41. The first-order chi connectivity index (χ1) is 13.5. The molecule has 1 N–H and O–H groups in total. The number of nitrogens with zero attached hydrogens (tertiary/aromatic N) is 2. The fourth-order valence-electron chi connectivity index (χ4n) is 3.11. The molecule has 1 unspecified atom stereocenters. The maximum absolute atomic E-state index is 12.6. The van der Waals surface area contributed by atoms with Crippen LogP contribution in [0.5, 0.6) is 11.5 Å². The molecule has 2 heterocycles. The van der Waals surface area contributed by atoms with E-state index in [1.807, 2.05) is 6.07 Å². The molecule has 0 saturated carbocycles. The van der Waals surface area contributed by atoms with E-state index in [4.69, 9.17) is 14.2 Å². The Morgan fingerprint density at radius 1 is 1.14 bits per heavy atom. The zero-order valence-corrected chi connectivity index (χ0v) is 16.1. The van der Waals surface area contributed by atoms with Crippen LogP contribution in [0.4, 0.5) is 4.79 Å². The lowest BCUT2D eigenvalue weighted by Crippen LogP contribution is -2.56. The van der Waals surface area contributed by atoms with Crippen LogP contribution >= 0.6 is 0 Å². The molecule has 3 rings (SSSR count). The number of para-hydroxylation sites is 2. The van der Waals surface area contributed by atoms with E-state index in [0.717, 1.165) is 0 Å². The Morgan fingerprint density at radius 3 is 2.46 bits per heavy atom. The highest BCUT2D eigenvalue weighted by Crippen LogP contribution is 2.30. The van der Waals surface area contributed by atoms with Crippen molar-refractivity contribution in [2.75, 3.05) is 39.4 Å². The molecule has 2 aliphatic heterocycles. The lowest BCUT2D eigenvalue weighted by atomic mass is 10.2. The third-order valence-corrected chi connectivity index (χ3v) is 4.65. The molecule has 3 amide bonds. The largest absolute Gasteiger partial charge is 0.485 e. The van der Waals surface area contributed by atoms with Gasteiger partial charge in [-0.2, -0.15) is 0 Å². The van der Waals surface area contributed by atoms with Crippen LogP contribution in [-0.4, -0.2) is 79.2 Å². The first-order valence-corrected chi connectivity index (χ1v) is 9.39. The van der Waals surface area contributed by atoms with Crippen molar-refractivity contribution in [3.63, 3.8) is 0 Å². The van der Waals surface area contributed by atoms with Gasteiger partial charge in [-0.1, -0.05) is 12.1 Å². The van der Waals surface area contributed by atoms with Gasteiger partial charge in [0, 0.05) is 26.2 Å². The molecule has 1 saturated heterocycles. The Hall–Kier alpha value is -2.97. The smallest absolute Gasteiger partial charge is 0.409 e. The quantitative estimate of drug-likeness (QED) is 0.809. The van der Waals surface area contributed by atoms with Gasteiger partial charge in [-0.3, -0.25) is 9.59 Å². The molecule has 0 spiro atoms. The molecule has 1 aromatic carbocycles. The van der Waals surface area contributed by atoms with Gasteiger partial charge in [-0.05, 0) is 26.0 Å². The molecule has 0 radical (unpaired) electrons. The van der Waals surface area contributed by atoms with Crippen LogP contribution in [0, 0.1) is 0 Å². The minimum absolute atomic E-state index is 0.0853. The summed E-state index contributed by atoms with van der Waals surface area (Å²) in [5.41, 5.74) is 0. The number of carbonyl (C=O) groups is 3.